The zero-order valence-electron chi connectivity index (χ0n) is 17.6. The number of nitrogens with one attached hydrogen (secondary N) is 2. The fourth-order valence-corrected chi connectivity index (χ4v) is 4.59. The van der Waals surface area contributed by atoms with Crippen LogP contribution in [0.15, 0.2) is 24.3 Å². The zero-order valence-corrected chi connectivity index (χ0v) is 17.6. The summed E-state index contributed by atoms with van der Waals surface area (Å²) in [7, 11) is 2.20. The Balaban J connectivity index is 1.27. The van der Waals surface area contributed by atoms with Crippen molar-refractivity contribution in [3.8, 4) is 5.75 Å². The number of benzene rings is 1. The predicted octanol–water partition coefficient (Wildman–Crippen LogP) is 3.25. The second-order valence-corrected chi connectivity index (χ2v) is 8.50. The molecule has 6 heteroatoms. The normalized spacial score (nSPS) is 20.9. The molecule has 29 heavy (non-hydrogen) atoms. The highest BCUT2D eigenvalue weighted by atomic mass is 16.5. The summed E-state index contributed by atoms with van der Waals surface area (Å²) in [6, 6.07) is 8.57. The monoisotopic (exact) mass is 398 g/mol. The van der Waals surface area contributed by atoms with Gasteiger partial charge in [-0.1, -0.05) is 6.42 Å². The van der Waals surface area contributed by atoms with Crippen LogP contribution >= 0.6 is 0 Å². The van der Waals surface area contributed by atoms with Crippen molar-refractivity contribution in [2.24, 2.45) is 0 Å². The van der Waals surface area contributed by atoms with Gasteiger partial charge in [0.2, 0.25) is 0 Å². The predicted molar refractivity (Wildman–Crippen MR) is 117 cm³/mol. The number of hydrogen-bond acceptors (Lipinski definition) is 4. The minimum atomic E-state index is -0.0371. The Labute approximate surface area is 173 Å². The molecule has 0 saturated carbocycles. The number of H-pyrrole nitrogens is 1. The van der Waals surface area contributed by atoms with E-state index < -0.39 is 0 Å². The maximum atomic E-state index is 12.5. The highest BCUT2D eigenvalue weighted by molar-refractivity contribution is 5.98. The third-order valence-electron chi connectivity index (χ3n) is 6.39. The van der Waals surface area contributed by atoms with Crippen molar-refractivity contribution in [2.75, 3.05) is 46.4 Å². The highest BCUT2D eigenvalue weighted by Gasteiger charge is 2.20. The largest absolute Gasteiger partial charge is 0.494 e. The van der Waals surface area contributed by atoms with Crippen LogP contribution in [0.3, 0.4) is 0 Å². The summed E-state index contributed by atoms with van der Waals surface area (Å²) in [4.78, 5) is 20.6. The number of rotatable bonds is 8. The third-order valence-corrected chi connectivity index (χ3v) is 6.39. The average molecular weight is 399 g/mol. The molecule has 1 aromatic heterocycles. The molecule has 0 aliphatic carbocycles. The molecule has 2 aromatic rings. The van der Waals surface area contributed by atoms with Gasteiger partial charge in [-0.05, 0) is 83.1 Å². The number of hydrogen-bond donors (Lipinski definition) is 2. The number of ether oxygens (including phenoxy) is 1. The van der Waals surface area contributed by atoms with Gasteiger partial charge in [0.15, 0.2) is 0 Å². The Morgan fingerprint density at radius 2 is 2.03 bits per heavy atom. The molecule has 1 amide bonds. The van der Waals surface area contributed by atoms with E-state index in [0.717, 1.165) is 49.3 Å². The second-order valence-electron chi connectivity index (χ2n) is 8.50. The van der Waals surface area contributed by atoms with Gasteiger partial charge in [-0.25, -0.2) is 0 Å². The molecular weight excluding hydrogens is 364 g/mol. The Bertz CT molecular complexity index is 812. The Morgan fingerprint density at radius 3 is 2.83 bits per heavy atom. The van der Waals surface area contributed by atoms with Gasteiger partial charge >= 0.3 is 0 Å². The van der Waals surface area contributed by atoms with Gasteiger partial charge < -0.3 is 24.8 Å². The lowest BCUT2D eigenvalue weighted by atomic mass is 10.1. The first kappa shape index (κ1) is 20.2. The summed E-state index contributed by atoms with van der Waals surface area (Å²) in [6.45, 7) is 5.86. The number of carbonyl (C=O) groups is 1. The smallest absolute Gasteiger partial charge is 0.267 e. The van der Waals surface area contributed by atoms with Crippen LogP contribution in [0.2, 0.25) is 0 Å². The van der Waals surface area contributed by atoms with Gasteiger partial charge in [0.1, 0.15) is 11.4 Å². The van der Waals surface area contributed by atoms with Crippen molar-refractivity contribution in [3.05, 3.63) is 30.0 Å². The van der Waals surface area contributed by atoms with Crippen molar-refractivity contribution in [1.29, 1.82) is 0 Å². The molecule has 2 N–H and O–H groups in total. The number of likely N-dealkylation sites (tertiary alicyclic amines) is 2. The lowest BCUT2D eigenvalue weighted by Crippen LogP contribution is -2.37. The number of aromatic nitrogens is 1. The first-order valence-corrected chi connectivity index (χ1v) is 11.2. The van der Waals surface area contributed by atoms with E-state index in [1.165, 1.54) is 38.6 Å². The van der Waals surface area contributed by atoms with Gasteiger partial charge in [-0.3, -0.25) is 4.79 Å². The number of piperidine rings is 1. The van der Waals surface area contributed by atoms with E-state index in [-0.39, 0.29) is 5.91 Å². The Morgan fingerprint density at radius 1 is 1.17 bits per heavy atom. The highest BCUT2D eigenvalue weighted by Crippen LogP contribution is 2.23. The number of amides is 1. The van der Waals surface area contributed by atoms with Crippen molar-refractivity contribution >= 4 is 16.8 Å². The van der Waals surface area contributed by atoms with E-state index in [9.17, 15) is 4.79 Å². The quantitative estimate of drug-likeness (QED) is 0.717. The van der Waals surface area contributed by atoms with Crippen LogP contribution in [0.4, 0.5) is 0 Å². The van der Waals surface area contributed by atoms with Gasteiger partial charge in [0.05, 0.1) is 6.61 Å². The molecule has 1 atom stereocenters. The fraction of sp³-hybridized carbons (Fsp3) is 0.609. The standard InChI is InChI=1S/C23H34N4O2/c1-26-11-5-6-19(26)9-15-29-20-7-8-21-18(16-20)17-22(25-21)23(28)24-10-14-27-12-3-2-4-13-27/h7-8,16-17,19,25H,2-6,9-15H2,1H3,(H,24,28). The van der Waals surface area contributed by atoms with Gasteiger partial charge in [-0.2, -0.15) is 0 Å². The summed E-state index contributed by atoms with van der Waals surface area (Å²) >= 11 is 0. The molecule has 0 spiro atoms. The van der Waals surface area contributed by atoms with Crippen LogP contribution in [0.25, 0.3) is 10.9 Å². The van der Waals surface area contributed by atoms with E-state index in [1.807, 2.05) is 24.3 Å². The molecule has 158 valence electrons. The maximum Gasteiger partial charge on any atom is 0.267 e. The van der Waals surface area contributed by atoms with Crippen LogP contribution in [-0.4, -0.2) is 73.1 Å². The topological polar surface area (TPSA) is 60.6 Å². The van der Waals surface area contributed by atoms with E-state index in [0.29, 0.717) is 18.3 Å². The summed E-state index contributed by atoms with van der Waals surface area (Å²) in [5.41, 5.74) is 1.58. The molecule has 3 heterocycles. The SMILES string of the molecule is CN1CCCC1CCOc1ccc2[nH]c(C(=O)NCCN3CCCCC3)cc2c1. The van der Waals surface area contributed by atoms with Crippen molar-refractivity contribution in [3.63, 3.8) is 0 Å². The zero-order chi connectivity index (χ0) is 20.1. The first-order chi connectivity index (χ1) is 14.2. The molecule has 1 aromatic carbocycles. The summed E-state index contributed by atoms with van der Waals surface area (Å²) < 4.78 is 5.98. The van der Waals surface area contributed by atoms with Crippen LogP contribution in [0.5, 0.6) is 5.75 Å². The molecule has 2 aliphatic rings. The molecule has 1 unspecified atom stereocenters. The molecule has 0 radical (unpaired) electrons. The third kappa shape index (κ3) is 5.31. The molecule has 2 saturated heterocycles. The fourth-order valence-electron chi connectivity index (χ4n) is 4.59. The molecule has 4 rings (SSSR count). The molecule has 2 fully saturated rings. The summed E-state index contributed by atoms with van der Waals surface area (Å²) in [6.07, 6.45) is 7.51. The Hall–Kier alpha value is -2.05. The lowest BCUT2D eigenvalue weighted by molar-refractivity contribution is 0.0942. The van der Waals surface area contributed by atoms with Crippen molar-refractivity contribution in [2.45, 2.75) is 44.6 Å². The maximum absolute atomic E-state index is 12.5. The van der Waals surface area contributed by atoms with Gasteiger partial charge in [-0.15, -0.1) is 0 Å². The van der Waals surface area contributed by atoms with Gasteiger partial charge in [0.25, 0.3) is 5.91 Å². The number of carbonyl (C=O) groups excluding carboxylic acids is 1. The van der Waals surface area contributed by atoms with Crippen LogP contribution in [0.1, 0.15) is 49.0 Å². The summed E-state index contributed by atoms with van der Waals surface area (Å²) in [5.74, 6) is 0.833. The van der Waals surface area contributed by atoms with Crippen molar-refractivity contribution < 1.29 is 9.53 Å². The first-order valence-electron chi connectivity index (χ1n) is 11.2. The number of aromatic amines is 1. The number of fused-ring (bicyclic) bond motifs is 1. The average Bonchev–Trinajstić information content (AvgIpc) is 3.34. The van der Waals surface area contributed by atoms with E-state index >= 15 is 0 Å². The van der Waals surface area contributed by atoms with E-state index in [2.05, 4.69) is 27.1 Å². The van der Waals surface area contributed by atoms with Gasteiger partial charge in [0, 0.05) is 30.0 Å². The van der Waals surface area contributed by atoms with E-state index in [1.54, 1.807) is 0 Å². The molecular formula is C23H34N4O2. The lowest BCUT2D eigenvalue weighted by Gasteiger charge is -2.26. The van der Waals surface area contributed by atoms with Crippen LogP contribution in [0, 0.1) is 0 Å². The van der Waals surface area contributed by atoms with Crippen molar-refractivity contribution in [1.82, 2.24) is 20.1 Å². The molecule has 6 nitrogen and oxygen atoms in total. The molecule has 2 aliphatic heterocycles. The number of nitrogens with zero attached hydrogens (tertiary/aromatic N) is 2. The Kier molecular flexibility index (Phi) is 6.72. The van der Waals surface area contributed by atoms with Crippen LogP contribution < -0.4 is 10.1 Å². The summed E-state index contributed by atoms with van der Waals surface area (Å²) in [5, 5.41) is 4.06. The minimum Gasteiger partial charge on any atom is -0.494 e. The second kappa shape index (κ2) is 9.63. The molecule has 0 bridgehead atoms. The van der Waals surface area contributed by atoms with Crippen LogP contribution in [-0.2, 0) is 0 Å². The minimum absolute atomic E-state index is 0.0371. The van der Waals surface area contributed by atoms with E-state index in [4.69, 9.17) is 4.74 Å².